The highest BCUT2D eigenvalue weighted by atomic mass is 19.1. The predicted octanol–water partition coefficient (Wildman–Crippen LogP) is 2.94. The lowest BCUT2D eigenvalue weighted by molar-refractivity contribution is -0.142. The lowest BCUT2D eigenvalue weighted by Gasteiger charge is -2.27. The number of benzene rings is 1. The standard InChI is InChI=1S/C15H15FN2O2/c1-10-7-11(16)9-12(8-10)18-15(2,14(19)20)13-5-3-4-6-17-13/h3-9,18H,1-2H3,(H,19,20). The number of halogens is 1. The van der Waals surface area contributed by atoms with Gasteiger partial charge >= 0.3 is 5.97 Å². The van der Waals surface area contributed by atoms with E-state index in [0.717, 1.165) is 0 Å². The molecule has 0 saturated carbocycles. The van der Waals surface area contributed by atoms with Crippen LogP contribution in [0.2, 0.25) is 0 Å². The number of rotatable bonds is 4. The predicted molar refractivity (Wildman–Crippen MR) is 74.0 cm³/mol. The molecule has 1 unspecified atom stereocenters. The van der Waals surface area contributed by atoms with Crippen molar-refractivity contribution in [1.82, 2.24) is 4.98 Å². The molecule has 4 nitrogen and oxygen atoms in total. The Bertz CT molecular complexity index is 611. The van der Waals surface area contributed by atoms with Gasteiger partial charge in [-0.3, -0.25) is 4.98 Å². The zero-order valence-corrected chi connectivity index (χ0v) is 11.2. The molecule has 0 aliphatic carbocycles. The Morgan fingerprint density at radius 2 is 2.10 bits per heavy atom. The molecular formula is C15H15FN2O2. The Morgan fingerprint density at radius 3 is 2.65 bits per heavy atom. The maximum atomic E-state index is 13.4. The van der Waals surface area contributed by atoms with Gasteiger partial charge in [-0.15, -0.1) is 0 Å². The minimum Gasteiger partial charge on any atom is -0.479 e. The average molecular weight is 274 g/mol. The maximum Gasteiger partial charge on any atom is 0.335 e. The third kappa shape index (κ3) is 2.77. The lowest BCUT2D eigenvalue weighted by atomic mass is 9.96. The molecule has 104 valence electrons. The zero-order chi connectivity index (χ0) is 14.8. The minimum atomic E-state index is -1.43. The maximum absolute atomic E-state index is 13.4. The number of carbonyl (C=O) groups is 1. The van der Waals surface area contributed by atoms with Crippen LogP contribution in [0.15, 0.2) is 42.6 Å². The number of hydrogen-bond donors (Lipinski definition) is 2. The number of nitrogens with zero attached hydrogens (tertiary/aromatic N) is 1. The first kappa shape index (κ1) is 14.0. The van der Waals surface area contributed by atoms with Crippen molar-refractivity contribution in [2.75, 3.05) is 5.32 Å². The number of nitrogens with one attached hydrogen (secondary N) is 1. The fraction of sp³-hybridized carbons (Fsp3) is 0.200. The van der Waals surface area contributed by atoms with E-state index in [0.29, 0.717) is 16.9 Å². The number of aryl methyl sites for hydroxylation is 1. The molecule has 2 rings (SSSR count). The molecule has 1 aromatic heterocycles. The van der Waals surface area contributed by atoms with Crippen molar-refractivity contribution < 1.29 is 14.3 Å². The van der Waals surface area contributed by atoms with Gasteiger partial charge in [-0.1, -0.05) is 6.07 Å². The summed E-state index contributed by atoms with van der Waals surface area (Å²) in [6.45, 7) is 3.24. The van der Waals surface area contributed by atoms with Crippen molar-refractivity contribution in [3.63, 3.8) is 0 Å². The Hall–Kier alpha value is -2.43. The summed E-state index contributed by atoms with van der Waals surface area (Å²) in [5.41, 5.74) is 0.0373. The molecule has 0 aliphatic rings. The van der Waals surface area contributed by atoms with Gasteiger partial charge in [0.15, 0.2) is 5.54 Å². The monoisotopic (exact) mass is 274 g/mol. The van der Waals surface area contributed by atoms with Gasteiger partial charge in [0.05, 0.1) is 5.69 Å². The Balaban J connectivity index is 2.42. The fourth-order valence-corrected chi connectivity index (χ4v) is 1.98. The summed E-state index contributed by atoms with van der Waals surface area (Å²) in [7, 11) is 0. The third-order valence-corrected chi connectivity index (χ3v) is 3.04. The molecule has 0 radical (unpaired) electrons. The highest BCUT2D eigenvalue weighted by Crippen LogP contribution is 2.26. The summed E-state index contributed by atoms with van der Waals surface area (Å²) in [6, 6.07) is 9.36. The molecule has 2 aromatic rings. The number of aliphatic carboxylic acids is 1. The summed E-state index contributed by atoms with van der Waals surface area (Å²) in [5, 5.41) is 12.3. The van der Waals surface area contributed by atoms with E-state index >= 15 is 0 Å². The average Bonchev–Trinajstić information content (AvgIpc) is 2.38. The molecule has 0 saturated heterocycles. The molecule has 5 heteroatoms. The lowest BCUT2D eigenvalue weighted by Crippen LogP contribution is -2.41. The van der Waals surface area contributed by atoms with E-state index in [4.69, 9.17) is 0 Å². The van der Waals surface area contributed by atoms with Crippen LogP contribution < -0.4 is 5.32 Å². The van der Waals surface area contributed by atoms with E-state index < -0.39 is 17.3 Å². The fourth-order valence-electron chi connectivity index (χ4n) is 1.98. The Kier molecular flexibility index (Phi) is 3.70. The van der Waals surface area contributed by atoms with Crippen molar-refractivity contribution in [3.8, 4) is 0 Å². The Labute approximate surface area is 116 Å². The second kappa shape index (κ2) is 5.28. The van der Waals surface area contributed by atoms with Gasteiger partial charge in [0.2, 0.25) is 0 Å². The molecule has 0 fully saturated rings. The van der Waals surface area contributed by atoms with Gasteiger partial charge in [-0.2, -0.15) is 0 Å². The zero-order valence-electron chi connectivity index (χ0n) is 11.2. The molecule has 1 aromatic carbocycles. The van der Waals surface area contributed by atoms with Gasteiger partial charge in [-0.25, -0.2) is 9.18 Å². The van der Waals surface area contributed by atoms with Crippen LogP contribution in [0.4, 0.5) is 10.1 Å². The van der Waals surface area contributed by atoms with Crippen molar-refractivity contribution >= 4 is 11.7 Å². The van der Waals surface area contributed by atoms with E-state index in [9.17, 15) is 14.3 Å². The van der Waals surface area contributed by atoms with Crippen molar-refractivity contribution in [3.05, 3.63) is 59.7 Å². The molecule has 0 aliphatic heterocycles. The van der Waals surface area contributed by atoms with E-state index in [-0.39, 0.29) is 0 Å². The highest BCUT2D eigenvalue weighted by Gasteiger charge is 2.36. The van der Waals surface area contributed by atoms with Gasteiger partial charge < -0.3 is 10.4 Å². The van der Waals surface area contributed by atoms with E-state index in [1.165, 1.54) is 25.3 Å². The number of carboxylic acids is 1. The van der Waals surface area contributed by atoms with Crippen LogP contribution in [-0.4, -0.2) is 16.1 Å². The molecular weight excluding hydrogens is 259 g/mol. The number of anilines is 1. The molecule has 20 heavy (non-hydrogen) atoms. The van der Waals surface area contributed by atoms with Gasteiger partial charge in [0.1, 0.15) is 5.82 Å². The summed E-state index contributed by atoms with van der Waals surface area (Å²) >= 11 is 0. The van der Waals surface area contributed by atoms with E-state index in [2.05, 4.69) is 10.3 Å². The number of pyridine rings is 1. The van der Waals surface area contributed by atoms with Crippen LogP contribution in [0, 0.1) is 12.7 Å². The van der Waals surface area contributed by atoms with Gasteiger partial charge in [0.25, 0.3) is 0 Å². The molecule has 1 heterocycles. The van der Waals surface area contributed by atoms with Crippen LogP contribution in [0.3, 0.4) is 0 Å². The topological polar surface area (TPSA) is 62.2 Å². The first-order valence-corrected chi connectivity index (χ1v) is 6.12. The van der Waals surface area contributed by atoms with Crippen LogP contribution >= 0.6 is 0 Å². The quantitative estimate of drug-likeness (QED) is 0.899. The normalized spacial score (nSPS) is 13.6. The number of hydrogen-bond acceptors (Lipinski definition) is 3. The van der Waals surface area contributed by atoms with Gasteiger partial charge in [0, 0.05) is 11.9 Å². The van der Waals surface area contributed by atoms with Crippen LogP contribution in [0.25, 0.3) is 0 Å². The van der Waals surface area contributed by atoms with Gasteiger partial charge in [-0.05, 0) is 49.7 Å². The van der Waals surface area contributed by atoms with Crippen LogP contribution in [0.5, 0.6) is 0 Å². The SMILES string of the molecule is Cc1cc(F)cc(NC(C)(C(=O)O)c2ccccn2)c1. The smallest absolute Gasteiger partial charge is 0.335 e. The molecule has 0 bridgehead atoms. The first-order chi connectivity index (χ1) is 9.41. The number of carboxylic acid groups (broad SMARTS) is 1. The third-order valence-electron chi connectivity index (χ3n) is 3.04. The van der Waals surface area contributed by atoms with E-state index in [1.54, 1.807) is 31.2 Å². The second-order valence-corrected chi connectivity index (χ2v) is 4.79. The van der Waals surface area contributed by atoms with Crippen molar-refractivity contribution in [1.29, 1.82) is 0 Å². The Morgan fingerprint density at radius 1 is 1.35 bits per heavy atom. The summed E-state index contributed by atoms with van der Waals surface area (Å²) in [5.74, 6) is -1.50. The minimum absolute atomic E-state index is 0.356. The number of aromatic nitrogens is 1. The highest BCUT2D eigenvalue weighted by molar-refractivity contribution is 5.83. The first-order valence-electron chi connectivity index (χ1n) is 6.12. The molecule has 2 N–H and O–H groups in total. The summed E-state index contributed by atoms with van der Waals surface area (Å²) in [4.78, 5) is 15.7. The summed E-state index contributed by atoms with van der Waals surface area (Å²) in [6.07, 6.45) is 1.52. The molecule has 0 spiro atoms. The second-order valence-electron chi connectivity index (χ2n) is 4.79. The van der Waals surface area contributed by atoms with Crippen LogP contribution in [0.1, 0.15) is 18.2 Å². The molecule has 1 atom stereocenters. The van der Waals surface area contributed by atoms with Crippen molar-refractivity contribution in [2.24, 2.45) is 0 Å². The van der Waals surface area contributed by atoms with E-state index in [1.807, 2.05) is 0 Å². The van der Waals surface area contributed by atoms with Crippen LogP contribution in [-0.2, 0) is 10.3 Å². The molecule has 0 amide bonds. The summed E-state index contributed by atoms with van der Waals surface area (Å²) < 4.78 is 13.4. The largest absolute Gasteiger partial charge is 0.479 e. The van der Waals surface area contributed by atoms with Crippen molar-refractivity contribution in [2.45, 2.75) is 19.4 Å².